The van der Waals surface area contributed by atoms with Gasteiger partial charge in [0.2, 0.25) is 0 Å². The summed E-state index contributed by atoms with van der Waals surface area (Å²) in [7, 11) is 0. The Hall–Kier alpha value is -3.94. The summed E-state index contributed by atoms with van der Waals surface area (Å²) in [5.41, 5.74) is 1.57. The molecule has 0 aliphatic heterocycles. The van der Waals surface area contributed by atoms with E-state index in [0.29, 0.717) is 42.7 Å². The van der Waals surface area contributed by atoms with Crippen LogP contribution in [0.3, 0.4) is 0 Å². The Morgan fingerprint density at radius 3 is 2.24 bits per heavy atom. The van der Waals surface area contributed by atoms with Crippen molar-refractivity contribution in [2.75, 3.05) is 13.1 Å². The summed E-state index contributed by atoms with van der Waals surface area (Å²) in [6.45, 7) is 0.558. The van der Waals surface area contributed by atoms with Crippen molar-refractivity contribution in [2.24, 2.45) is 5.92 Å². The summed E-state index contributed by atoms with van der Waals surface area (Å²) < 4.78 is 5.93. The fourth-order valence-electron chi connectivity index (χ4n) is 4.04. The van der Waals surface area contributed by atoms with Gasteiger partial charge in [-0.25, -0.2) is 4.98 Å². The van der Waals surface area contributed by atoms with Crippen LogP contribution in [-0.4, -0.2) is 47.1 Å². The Morgan fingerprint density at radius 1 is 0.853 bits per heavy atom. The van der Waals surface area contributed by atoms with Gasteiger partial charge >= 0.3 is 5.97 Å². The standard InChI is InChI=1S/C26H27N3O5/c30-24(18-5-10-20(11-6-18)34-21-12-7-19(8-13-21)26(32)33)27-15-16-28-25(31)23-14-9-17-3-1-2-4-22(17)29-23/h1-6,9-11,14,19,21H,7-8,12-13,15-16H2,(H,27,30)(H,28,31)(H,32,33). The molecule has 0 unspecified atom stereocenters. The number of pyridine rings is 1. The van der Waals surface area contributed by atoms with E-state index >= 15 is 0 Å². The minimum Gasteiger partial charge on any atom is -0.490 e. The zero-order valence-corrected chi connectivity index (χ0v) is 18.7. The molecular formula is C26H27N3O5. The number of carbonyl (C=O) groups is 3. The number of para-hydroxylation sites is 1. The van der Waals surface area contributed by atoms with Crippen LogP contribution in [0.2, 0.25) is 0 Å². The molecule has 1 heterocycles. The summed E-state index contributed by atoms with van der Waals surface area (Å²) in [5.74, 6) is -0.894. The van der Waals surface area contributed by atoms with E-state index in [2.05, 4.69) is 15.6 Å². The number of carboxylic acids is 1. The average molecular weight is 462 g/mol. The van der Waals surface area contributed by atoms with Gasteiger partial charge in [0, 0.05) is 24.0 Å². The van der Waals surface area contributed by atoms with Crippen LogP contribution in [-0.2, 0) is 4.79 Å². The van der Waals surface area contributed by atoms with Gasteiger partial charge in [0.1, 0.15) is 11.4 Å². The Morgan fingerprint density at radius 2 is 1.53 bits per heavy atom. The Labute approximate surface area is 197 Å². The lowest BCUT2D eigenvalue weighted by Crippen LogP contribution is -2.35. The number of aliphatic carboxylic acids is 1. The van der Waals surface area contributed by atoms with Crippen molar-refractivity contribution in [1.82, 2.24) is 15.6 Å². The third-order valence-electron chi connectivity index (χ3n) is 5.97. The minimum atomic E-state index is -0.737. The molecule has 176 valence electrons. The van der Waals surface area contributed by atoms with E-state index < -0.39 is 5.97 Å². The van der Waals surface area contributed by atoms with Crippen molar-refractivity contribution >= 4 is 28.7 Å². The Kier molecular flexibility index (Phi) is 7.37. The maximum Gasteiger partial charge on any atom is 0.306 e. The molecule has 4 rings (SSSR count). The highest BCUT2D eigenvalue weighted by Gasteiger charge is 2.26. The molecule has 0 saturated heterocycles. The van der Waals surface area contributed by atoms with Crippen LogP contribution >= 0.6 is 0 Å². The van der Waals surface area contributed by atoms with Crippen LogP contribution in [0, 0.1) is 5.92 Å². The second-order valence-electron chi connectivity index (χ2n) is 8.36. The molecular weight excluding hydrogens is 434 g/mol. The van der Waals surface area contributed by atoms with Gasteiger partial charge < -0.3 is 20.5 Å². The van der Waals surface area contributed by atoms with E-state index in [-0.39, 0.29) is 36.9 Å². The molecule has 0 atom stereocenters. The van der Waals surface area contributed by atoms with E-state index in [1.165, 1.54) is 0 Å². The van der Waals surface area contributed by atoms with E-state index in [0.717, 1.165) is 10.9 Å². The summed E-state index contributed by atoms with van der Waals surface area (Å²) in [5, 5.41) is 15.6. The Balaban J connectivity index is 1.19. The number of hydrogen-bond acceptors (Lipinski definition) is 5. The average Bonchev–Trinajstić information content (AvgIpc) is 2.87. The predicted octanol–water partition coefficient (Wildman–Crippen LogP) is 3.42. The molecule has 8 heteroatoms. The molecule has 0 bridgehead atoms. The van der Waals surface area contributed by atoms with Crippen LogP contribution in [0.15, 0.2) is 60.7 Å². The van der Waals surface area contributed by atoms with Crippen molar-refractivity contribution in [1.29, 1.82) is 0 Å². The number of rotatable bonds is 8. The van der Waals surface area contributed by atoms with Crippen molar-refractivity contribution in [3.05, 3.63) is 71.9 Å². The lowest BCUT2D eigenvalue weighted by molar-refractivity contribution is -0.143. The monoisotopic (exact) mass is 461 g/mol. The molecule has 34 heavy (non-hydrogen) atoms. The van der Waals surface area contributed by atoms with Crippen molar-refractivity contribution in [2.45, 2.75) is 31.8 Å². The van der Waals surface area contributed by atoms with Gasteiger partial charge in [0.15, 0.2) is 0 Å². The number of amides is 2. The highest BCUT2D eigenvalue weighted by Crippen LogP contribution is 2.28. The molecule has 8 nitrogen and oxygen atoms in total. The second-order valence-corrected chi connectivity index (χ2v) is 8.36. The van der Waals surface area contributed by atoms with E-state index in [1.807, 2.05) is 30.3 Å². The lowest BCUT2D eigenvalue weighted by Gasteiger charge is -2.26. The SMILES string of the molecule is O=C(NCCNC(=O)c1ccc2ccccc2n1)c1ccc(OC2CCC(C(=O)O)CC2)cc1. The quantitative estimate of drug-likeness (QED) is 0.443. The van der Waals surface area contributed by atoms with Crippen molar-refractivity contribution < 1.29 is 24.2 Å². The van der Waals surface area contributed by atoms with Gasteiger partial charge in [-0.1, -0.05) is 24.3 Å². The van der Waals surface area contributed by atoms with Gasteiger partial charge in [-0.3, -0.25) is 14.4 Å². The zero-order chi connectivity index (χ0) is 23.9. The molecule has 2 amide bonds. The number of benzene rings is 2. The molecule has 0 radical (unpaired) electrons. The highest BCUT2D eigenvalue weighted by molar-refractivity contribution is 5.95. The molecule has 1 aromatic heterocycles. The maximum atomic E-state index is 12.4. The molecule has 3 N–H and O–H groups in total. The summed E-state index contributed by atoms with van der Waals surface area (Å²) in [6.07, 6.45) is 2.65. The van der Waals surface area contributed by atoms with E-state index in [1.54, 1.807) is 30.3 Å². The first kappa shape index (κ1) is 23.2. The van der Waals surface area contributed by atoms with Gasteiger partial charge in [0.25, 0.3) is 11.8 Å². The summed E-state index contributed by atoms with van der Waals surface area (Å²) in [6, 6.07) is 18.0. The normalized spacial score (nSPS) is 17.6. The second kappa shape index (κ2) is 10.8. The molecule has 3 aromatic rings. The first-order valence-electron chi connectivity index (χ1n) is 11.4. The number of hydrogen-bond donors (Lipinski definition) is 3. The fraction of sp³-hybridized carbons (Fsp3) is 0.308. The van der Waals surface area contributed by atoms with Crippen molar-refractivity contribution in [3.8, 4) is 5.75 Å². The van der Waals surface area contributed by atoms with Gasteiger partial charge in [0.05, 0.1) is 17.5 Å². The smallest absolute Gasteiger partial charge is 0.306 e. The highest BCUT2D eigenvalue weighted by atomic mass is 16.5. The predicted molar refractivity (Wildman–Crippen MR) is 127 cm³/mol. The molecule has 1 fully saturated rings. The molecule has 0 spiro atoms. The molecule has 1 aliphatic carbocycles. The number of aromatic nitrogens is 1. The number of fused-ring (bicyclic) bond motifs is 1. The topological polar surface area (TPSA) is 118 Å². The first-order valence-corrected chi connectivity index (χ1v) is 11.4. The van der Waals surface area contributed by atoms with Crippen molar-refractivity contribution in [3.63, 3.8) is 0 Å². The van der Waals surface area contributed by atoms with Crippen LogP contribution in [0.5, 0.6) is 5.75 Å². The zero-order valence-electron chi connectivity index (χ0n) is 18.7. The van der Waals surface area contributed by atoms with Gasteiger partial charge in [-0.15, -0.1) is 0 Å². The van der Waals surface area contributed by atoms with Crippen LogP contribution in [0.25, 0.3) is 10.9 Å². The third-order valence-corrected chi connectivity index (χ3v) is 5.97. The molecule has 1 aliphatic rings. The number of nitrogens with zero attached hydrogens (tertiary/aromatic N) is 1. The number of carboxylic acid groups (broad SMARTS) is 1. The van der Waals surface area contributed by atoms with E-state index in [4.69, 9.17) is 9.84 Å². The lowest BCUT2D eigenvalue weighted by atomic mass is 9.87. The first-order chi connectivity index (χ1) is 16.5. The van der Waals surface area contributed by atoms with E-state index in [9.17, 15) is 14.4 Å². The van der Waals surface area contributed by atoms with Crippen LogP contribution in [0.4, 0.5) is 0 Å². The summed E-state index contributed by atoms with van der Waals surface area (Å²) in [4.78, 5) is 40.1. The number of nitrogens with one attached hydrogen (secondary N) is 2. The largest absolute Gasteiger partial charge is 0.490 e. The summed E-state index contributed by atoms with van der Waals surface area (Å²) >= 11 is 0. The third kappa shape index (κ3) is 5.89. The number of ether oxygens (including phenoxy) is 1. The van der Waals surface area contributed by atoms with Gasteiger partial charge in [-0.2, -0.15) is 0 Å². The fourth-order valence-corrected chi connectivity index (χ4v) is 4.04. The molecule has 2 aromatic carbocycles. The molecule has 1 saturated carbocycles. The minimum absolute atomic E-state index is 0.00372. The van der Waals surface area contributed by atoms with Crippen LogP contribution in [0.1, 0.15) is 46.5 Å². The van der Waals surface area contributed by atoms with Gasteiger partial charge in [-0.05, 0) is 62.1 Å². The number of carbonyl (C=O) groups excluding carboxylic acids is 2. The maximum absolute atomic E-state index is 12.4. The van der Waals surface area contributed by atoms with Crippen LogP contribution < -0.4 is 15.4 Å². The Bertz CT molecular complexity index is 1170.